The van der Waals surface area contributed by atoms with Crippen LogP contribution in [0.2, 0.25) is 0 Å². The van der Waals surface area contributed by atoms with Crippen molar-refractivity contribution in [1.82, 2.24) is 9.88 Å². The number of aromatic nitrogens is 1. The molecule has 0 saturated carbocycles. The van der Waals surface area contributed by atoms with E-state index in [1.807, 2.05) is 18.2 Å². The lowest BCUT2D eigenvalue weighted by Crippen LogP contribution is -2.31. The Kier molecular flexibility index (Phi) is 5.49. The molecule has 136 valence electrons. The first kappa shape index (κ1) is 18.7. The van der Waals surface area contributed by atoms with Crippen LogP contribution in [0.5, 0.6) is 5.75 Å². The summed E-state index contributed by atoms with van der Waals surface area (Å²) in [5.41, 5.74) is 4.54. The molecule has 0 aliphatic heterocycles. The maximum atomic E-state index is 10.5. The molecular weight excluding hydrogens is 344 g/mol. The van der Waals surface area contributed by atoms with Gasteiger partial charge < -0.3 is 10.0 Å². The van der Waals surface area contributed by atoms with Gasteiger partial charge in [-0.2, -0.15) is 0 Å². The van der Waals surface area contributed by atoms with Gasteiger partial charge in [0, 0.05) is 29.1 Å². The van der Waals surface area contributed by atoms with Gasteiger partial charge in [0.25, 0.3) is 0 Å². The van der Waals surface area contributed by atoms with Gasteiger partial charge in [-0.25, -0.2) is 0 Å². The van der Waals surface area contributed by atoms with Gasteiger partial charge in [-0.15, -0.1) is 12.4 Å². The van der Waals surface area contributed by atoms with E-state index in [-0.39, 0.29) is 18.3 Å². The third-order valence-electron chi connectivity index (χ3n) is 5.27. The predicted octanol–water partition coefficient (Wildman–Crippen LogP) is 4.62. The number of halogens is 1. The fourth-order valence-corrected chi connectivity index (χ4v) is 4.22. The third-order valence-corrected chi connectivity index (χ3v) is 5.27. The molecule has 4 rings (SSSR count). The Morgan fingerprint density at radius 3 is 2.54 bits per heavy atom. The maximum Gasteiger partial charge on any atom is 0.119 e. The summed E-state index contributed by atoms with van der Waals surface area (Å²) in [6.07, 6.45) is 2.10. The average Bonchev–Trinajstić information content (AvgIpc) is 2.60. The zero-order valence-electron chi connectivity index (χ0n) is 15.2. The van der Waals surface area contributed by atoms with Gasteiger partial charge in [0.05, 0.1) is 5.52 Å². The van der Waals surface area contributed by atoms with Crippen molar-refractivity contribution in [3.05, 3.63) is 71.4 Å². The van der Waals surface area contributed by atoms with Crippen LogP contribution in [0.1, 0.15) is 29.2 Å². The monoisotopic (exact) mass is 368 g/mol. The van der Waals surface area contributed by atoms with E-state index in [4.69, 9.17) is 4.98 Å². The van der Waals surface area contributed by atoms with Crippen LogP contribution < -0.4 is 0 Å². The number of aromatic hydroxyl groups is 1. The topological polar surface area (TPSA) is 36.4 Å². The summed E-state index contributed by atoms with van der Waals surface area (Å²) >= 11 is 0. The minimum atomic E-state index is 0. The largest absolute Gasteiger partial charge is 0.508 e. The molecule has 4 heteroatoms. The second kappa shape index (κ2) is 7.65. The number of benzene rings is 2. The molecule has 1 heterocycles. The fraction of sp³-hybridized carbons (Fsp3) is 0.318. The van der Waals surface area contributed by atoms with Gasteiger partial charge in [0.1, 0.15) is 5.75 Å². The van der Waals surface area contributed by atoms with Crippen molar-refractivity contribution in [1.29, 1.82) is 0 Å². The summed E-state index contributed by atoms with van der Waals surface area (Å²) in [6, 6.07) is 18.4. The lowest BCUT2D eigenvalue weighted by atomic mass is 9.72. The predicted molar refractivity (Wildman–Crippen MR) is 109 cm³/mol. The molecule has 2 atom stereocenters. The molecule has 0 saturated heterocycles. The zero-order valence-corrected chi connectivity index (χ0v) is 16.0. The van der Waals surface area contributed by atoms with Crippen molar-refractivity contribution >= 4 is 23.3 Å². The summed E-state index contributed by atoms with van der Waals surface area (Å²) in [5.74, 6) is 1.04. The second-order valence-corrected chi connectivity index (χ2v) is 7.31. The van der Waals surface area contributed by atoms with Crippen molar-refractivity contribution in [2.24, 2.45) is 5.92 Å². The highest BCUT2D eigenvalue weighted by Crippen LogP contribution is 2.44. The quantitative estimate of drug-likeness (QED) is 0.732. The molecule has 0 bridgehead atoms. The molecule has 26 heavy (non-hydrogen) atoms. The Balaban J connectivity index is 0.00000196. The van der Waals surface area contributed by atoms with Crippen molar-refractivity contribution < 1.29 is 5.11 Å². The average molecular weight is 369 g/mol. The Morgan fingerprint density at radius 2 is 1.77 bits per heavy atom. The molecular formula is C22H25ClN2O. The molecule has 1 aromatic heterocycles. The van der Waals surface area contributed by atoms with Crippen LogP contribution in [0.4, 0.5) is 0 Å². The minimum Gasteiger partial charge on any atom is -0.508 e. The van der Waals surface area contributed by atoms with Gasteiger partial charge in [-0.3, -0.25) is 4.98 Å². The minimum absolute atomic E-state index is 0. The van der Waals surface area contributed by atoms with Crippen molar-refractivity contribution in [2.45, 2.75) is 18.8 Å². The lowest BCUT2D eigenvalue weighted by Gasteiger charge is -2.35. The molecule has 2 unspecified atom stereocenters. The van der Waals surface area contributed by atoms with Crippen LogP contribution in [0.3, 0.4) is 0 Å². The molecule has 1 N–H and O–H groups in total. The molecule has 1 aliphatic carbocycles. The fourth-order valence-electron chi connectivity index (χ4n) is 4.22. The molecule has 3 nitrogen and oxygen atoms in total. The number of pyridine rings is 1. The lowest BCUT2D eigenvalue weighted by molar-refractivity contribution is 0.278. The van der Waals surface area contributed by atoms with Crippen molar-refractivity contribution in [3.63, 3.8) is 0 Å². The molecule has 0 spiro atoms. The highest BCUT2D eigenvalue weighted by atomic mass is 35.5. The van der Waals surface area contributed by atoms with Gasteiger partial charge in [0.15, 0.2) is 0 Å². The van der Waals surface area contributed by atoms with Gasteiger partial charge in [-0.1, -0.05) is 36.4 Å². The molecule has 0 amide bonds. The number of fused-ring (bicyclic) bond motifs is 2. The van der Waals surface area contributed by atoms with Crippen LogP contribution in [0.25, 0.3) is 10.9 Å². The standard InChI is InChI=1S/C22H24N2O.ClH/c1-24(2)14-16-11-12-20-18(13-15-7-3-5-9-19(15)23-20)22(16)17-8-4-6-10-21(17)25;/h3-10,13,16,22,25H,11-12,14H2,1-2H3;1H. The number of phenolic OH excluding ortho intramolecular Hbond substituents is 1. The first-order valence-electron chi connectivity index (χ1n) is 8.94. The molecule has 2 aromatic carbocycles. The van der Waals surface area contributed by atoms with Gasteiger partial charge in [-0.05, 0) is 56.6 Å². The SMILES string of the molecule is CN(C)CC1CCc2nc3ccccc3cc2C1c1ccccc1O.Cl. The molecule has 0 radical (unpaired) electrons. The smallest absolute Gasteiger partial charge is 0.119 e. The van der Waals surface area contributed by atoms with Crippen LogP contribution in [0, 0.1) is 5.92 Å². The van der Waals surface area contributed by atoms with E-state index in [0.29, 0.717) is 11.7 Å². The second-order valence-electron chi connectivity index (χ2n) is 7.31. The molecule has 3 aromatic rings. The van der Waals surface area contributed by atoms with E-state index in [1.54, 1.807) is 6.07 Å². The van der Waals surface area contributed by atoms with Gasteiger partial charge in [0.2, 0.25) is 0 Å². The molecule has 1 aliphatic rings. The molecule has 0 fully saturated rings. The summed E-state index contributed by atoms with van der Waals surface area (Å²) in [7, 11) is 4.24. The number of hydrogen-bond donors (Lipinski definition) is 1. The number of hydrogen-bond acceptors (Lipinski definition) is 3. The first-order chi connectivity index (χ1) is 12.1. The van der Waals surface area contributed by atoms with E-state index in [1.165, 1.54) is 16.6 Å². The van der Waals surface area contributed by atoms with E-state index in [9.17, 15) is 5.11 Å². The Bertz CT molecular complexity index is 910. The maximum absolute atomic E-state index is 10.5. The highest BCUT2D eigenvalue weighted by Gasteiger charge is 2.33. The van der Waals surface area contributed by atoms with E-state index in [2.05, 4.69) is 49.3 Å². The zero-order chi connectivity index (χ0) is 17.4. The highest BCUT2D eigenvalue weighted by molar-refractivity contribution is 5.85. The summed E-state index contributed by atoms with van der Waals surface area (Å²) < 4.78 is 0. The normalized spacial score (nSPS) is 19.2. The Hall–Kier alpha value is -2.10. The Labute approximate surface area is 161 Å². The third kappa shape index (κ3) is 3.42. The van der Waals surface area contributed by atoms with Crippen LogP contribution >= 0.6 is 12.4 Å². The number of aryl methyl sites for hydroxylation is 1. The number of phenols is 1. The first-order valence-corrected chi connectivity index (χ1v) is 8.94. The van der Waals surface area contributed by atoms with Crippen LogP contribution in [-0.4, -0.2) is 35.6 Å². The van der Waals surface area contributed by atoms with Crippen molar-refractivity contribution in [3.8, 4) is 5.75 Å². The Morgan fingerprint density at radius 1 is 1.04 bits per heavy atom. The van der Waals surface area contributed by atoms with Crippen LogP contribution in [0.15, 0.2) is 54.6 Å². The summed E-state index contributed by atoms with van der Waals surface area (Å²) in [5, 5.41) is 11.7. The van der Waals surface area contributed by atoms with Crippen molar-refractivity contribution in [2.75, 3.05) is 20.6 Å². The van der Waals surface area contributed by atoms with E-state index >= 15 is 0 Å². The number of nitrogens with zero attached hydrogens (tertiary/aromatic N) is 2. The van der Waals surface area contributed by atoms with E-state index < -0.39 is 0 Å². The van der Waals surface area contributed by atoms with Crippen LogP contribution in [-0.2, 0) is 6.42 Å². The van der Waals surface area contributed by atoms with E-state index in [0.717, 1.165) is 30.5 Å². The number of rotatable bonds is 3. The van der Waals surface area contributed by atoms with Gasteiger partial charge >= 0.3 is 0 Å². The summed E-state index contributed by atoms with van der Waals surface area (Å²) in [6.45, 7) is 1.01. The summed E-state index contributed by atoms with van der Waals surface area (Å²) in [4.78, 5) is 7.19. The number of para-hydroxylation sites is 2.